The molecule has 4 rings (SSSR count). The molecule has 0 saturated carbocycles. The highest BCUT2D eigenvalue weighted by atomic mass is 35.5. The van der Waals surface area contributed by atoms with E-state index in [2.05, 4.69) is 17.4 Å². The molecule has 0 fully saturated rings. The zero-order chi connectivity index (χ0) is 18.6. The number of fused-ring (bicyclic) bond motifs is 1. The first-order chi connectivity index (χ1) is 13.2. The molecular formula is C21H20ClN3OS. The highest BCUT2D eigenvalue weighted by molar-refractivity contribution is 7.98. The van der Waals surface area contributed by atoms with E-state index < -0.39 is 0 Å². The largest absolute Gasteiger partial charge is 0.310 e. The molecule has 1 aliphatic rings. The molecule has 0 spiro atoms. The van der Waals surface area contributed by atoms with Crippen molar-refractivity contribution in [2.24, 2.45) is 0 Å². The molecule has 6 heteroatoms. The number of carbonyl (C=O) groups excluding carboxylic acids is 1. The maximum Gasteiger partial charge on any atom is 0.225 e. The summed E-state index contributed by atoms with van der Waals surface area (Å²) in [5, 5.41) is 8.50. The van der Waals surface area contributed by atoms with Crippen LogP contribution in [0.15, 0.2) is 54.6 Å². The maximum absolute atomic E-state index is 12.6. The topological polar surface area (TPSA) is 46.9 Å². The number of carbonyl (C=O) groups is 1. The van der Waals surface area contributed by atoms with Crippen LogP contribution in [0, 0.1) is 0 Å². The molecule has 4 nitrogen and oxygen atoms in total. The van der Waals surface area contributed by atoms with Crippen LogP contribution >= 0.6 is 23.4 Å². The number of nitrogens with zero attached hydrogens (tertiary/aromatic N) is 2. The first kappa shape index (κ1) is 18.1. The second-order valence-electron chi connectivity index (χ2n) is 6.54. The molecule has 27 heavy (non-hydrogen) atoms. The highest BCUT2D eigenvalue weighted by Crippen LogP contribution is 2.36. The lowest BCUT2D eigenvalue weighted by Crippen LogP contribution is -2.16. The van der Waals surface area contributed by atoms with Gasteiger partial charge >= 0.3 is 0 Å². The SMILES string of the molecule is O=C(CCCc1ccccc1)Nc1c2c(nn1-c1ccc(Cl)cc1)CSC2. The normalized spacial score (nSPS) is 12.8. The Morgan fingerprint density at radius 2 is 1.89 bits per heavy atom. The van der Waals surface area contributed by atoms with Gasteiger partial charge < -0.3 is 5.32 Å². The van der Waals surface area contributed by atoms with Crippen molar-refractivity contribution in [1.29, 1.82) is 0 Å². The Kier molecular flexibility index (Phi) is 5.50. The first-order valence-electron chi connectivity index (χ1n) is 8.99. The van der Waals surface area contributed by atoms with Gasteiger partial charge in [-0.2, -0.15) is 16.9 Å². The fraction of sp³-hybridized carbons (Fsp3) is 0.238. The molecular weight excluding hydrogens is 378 g/mol. The van der Waals surface area contributed by atoms with Gasteiger partial charge in [-0.05, 0) is 42.7 Å². The summed E-state index contributed by atoms with van der Waals surface area (Å²) in [4.78, 5) is 12.6. The third-order valence-electron chi connectivity index (χ3n) is 4.59. The van der Waals surface area contributed by atoms with Gasteiger partial charge in [-0.3, -0.25) is 4.79 Å². The van der Waals surface area contributed by atoms with Crippen LogP contribution in [0.5, 0.6) is 0 Å². The fourth-order valence-electron chi connectivity index (χ4n) is 3.20. The molecule has 2 aromatic carbocycles. The van der Waals surface area contributed by atoms with Crippen LogP contribution < -0.4 is 5.32 Å². The van der Waals surface area contributed by atoms with Crippen molar-refractivity contribution >= 4 is 35.1 Å². The smallest absolute Gasteiger partial charge is 0.225 e. The summed E-state index contributed by atoms with van der Waals surface area (Å²) in [7, 11) is 0. The van der Waals surface area contributed by atoms with Crippen molar-refractivity contribution in [2.45, 2.75) is 30.8 Å². The third-order valence-corrected chi connectivity index (χ3v) is 5.82. The number of hydrogen-bond donors (Lipinski definition) is 1. The van der Waals surface area contributed by atoms with Crippen LogP contribution in [0.25, 0.3) is 5.69 Å². The van der Waals surface area contributed by atoms with E-state index in [1.807, 2.05) is 58.9 Å². The third kappa shape index (κ3) is 4.20. The minimum absolute atomic E-state index is 0.0285. The summed E-state index contributed by atoms with van der Waals surface area (Å²) in [5.41, 5.74) is 4.34. The number of halogens is 1. The van der Waals surface area contributed by atoms with E-state index >= 15 is 0 Å². The molecule has 0 unspecified atom stereocenters. The molecule has 1 N–H and O–H groups in total. The number of amides is 1. The Hall–Kier alpha value is -2.24. The lowest BCUT2D eigenvalue weighted by Gasteiger charge is -2.11. The van der Waals surface area contributed by atoms with Crippen LogP contribution in [-0.2, 0) is 22.7 Å². The van der Waals surface area contributed by atoms with Gasteiger partial charge in [0.1, 0.15) is 5.82 Å². The van der Waals surface area contributed by atoms with E-state index in [-0.39, 0.29) is 5.91 Å². The van der Waals surface area contributed by atoms with Crippen LogP contribution in [0.2, 0.25) is 5.02 Å². The van der Waals surface area contributed by atoms with Gasteiger partial charge in [0, 0.05) is 28.5 Å². The number of aryl methyl sites for hydroxylation is 1. The molecule has 1 amide bonds. The van der Waals surface area contributed by atoms with Crippen LogP contribution in [0.3, 0.4) is 0 Å². The van der Waals surface area contributed by atoms with Crippen molar-refractivity contribution < 1.29 is 4.79 Å². The van der Waals surface area contributed by atoms with Gasteiger partial charge in [0.2, 0.25) is 5.91 Å². The van der Waals surface area contributed by atoms with Crippen molar-refractivity contribution in [3.05, 3.63) is 76.4 Å². The summed E-state index contributed by atoms with van der Waals surface area (Å²) in [6, 6.07) is 17.8. The average Bonchev–Trinajstić information content (AvgIpc) is 3.26. The Labute approximate surface area is 167 Å². The molecule has 0 bridgehead atoms. The van der Waals surface area contributed by atoms with E-state index in [0.717, 1.165) is 47.1 Å². The number of benzene rings is 2. The molecule has 2 heterocycles. The number of aromatic nitrogens is 2. The van der Waals surface area contributed by atoms with Crippen molar-refractivity contribution in [1.82, 2.24) is 9.78 Å². The molecule has 1 aliphatic heterocycles. The van der Waals surface area contributed by atoms with Crippen LogP contribution in [0.4, 0.5) is 5.82 Å². The monoisotopic (exact) mass is 397 g/mol. The molecule has 0 radical (unpaired) electrons. The zero-order valence-corrected chi connectivity index (χ0v) is 16.4. The van der Waals surface area contributed by atoms with E-state index in [1.54, 1.807) is 0 Å². The lowest BCUT2D eigenvalue weighted by molar-refractivity contribution is -0.116. The van der Waals surface area contributed by atoms with Crippen LogP contribution in [-0.4, -0.2) is 15.7 Å². The van der Waals surface area contributed by atoms with Gasteiger partial charge in [0.25, 0.3) is 0 Å². The zero-order valence-electron chi connectivity index (χ0n) is 14.8. The fourth-order valence-corrected chi connectivity index (χ4v) is 4.36. The average molecular weight is 398 g/mol. The van der Waals surface area contributed by atoms with Gasteiger partial charge in [0.05, 0.1) is 11.4 Å². The minimum Gasteiger partial charge on any atom is -0.310 e. The molecule has 0 saturated heterocycles. The Balaban J connectivity index is 1.47. The van der Waals surface area contributed by atoms with Crippen LogP contribution in [0.1, 0.15) is 29.7 Å². The number of rotatable bonds is 6. The number of nitrogens with one attached hydrogen (secondary N) is 1. The molecule has 138 valence electrons. The van der Waals surface area contributed by atoms with Gasteiger partial charge in [-0.15, -0.1) is 0 Å². The lowest BCUT2D eigenvalue weighted by atomic mass is 10.1. The Morgan fingerprint density at radius 3 is 2.67 bits per heavy atom. The quantitative estimate of drug-likeness (QED) is 0.619. The number of anilines is 1. The molecule has 3 aromatic rings. The predicted octanol–water partition coefficient (Wildman–Crippen LogP) is 5.23. The summed E-state index contributed by atoms with van der Waals surface area (Å²) in [6.07, 6.45) is 2.21. The van der Waals surface area contributed by atoms with Crippen molar-refractivity contribution in [3.8, 4) is 5.69 Å². The Bertz CT molecular complexity index is 938. The summed E-state index contributed by atoms with van der Waals surface area (Å²) >= 11 is 7.83. The molecule has 0 aliphatic carbocycles. The molecule has 0 atom stereocenters. The number of hydrogen-bond acceptors (Lipinski definition) is 3. The first-order valence-corrected chi connectivity index (χ1v) is 10.5. The minimum atomic E-state index is 0.0285. The van der Waals surface area contributed by atoms with E-state index in [0.29, 0.717) is 11.4 Å². The summed E-state index contributed by atoms with van der Waals surface area (Å²) in [5.74, 6) is 2.58. The second-order valence-corrected chi connectivity index (χ2v) is 7.96. The van der Waals surface area contributed by atoms with Gasteiger partial charge in [-0.1, -0.05) is 41.9 Å². The maximum atomic E-state index is 12.6. The Morgan fingerprint density at radius 1 is 1.11 bits per heavy atom. The standard InChI is InChI=1S/C21H20ClN3OS/c22-16-9-11-17(12-10-16)25-21(18-13-27-14-19(18)24-25)23-20(26)8-4-7-15-5-2-1-3-6-15/h1-3,5-6,9-12H,4,7-8,13-14H2,(H,23,26). The van der Waals surface area contributed by atoms with Crippen molar-refractivity contribution in [3.63, 3.8) is 0 Å². The van der Waals surface area contributed by atoms with Gasteiger partial charge in [0.15, 0.2) is 0 Å². The summed E-state index contributed by atoms with van der Waals surface area (Å²) in [6.45, 7) is 0. The van der Waals surface area contributed by atoms with E-state index in [4.69, 9.17) is 16.7 Å². The molecule has 1 aromatic heterocycles. The second kappa shape index (κ2) is 8.19. The van der Waals surface area contributed by atoms with Crippen molar-refractivity contribution in [2.75, 3.05) is 5.32 Å². The van der Waals surface area contributed by atoms with E-state index in [9.17, 15) is 4.79 Å². The van der Waals surface area contributed by atoms with Gasteiger partial charge in [-0.25, -0.2) is 4.68 Å². The van der Waals surface area contributed by atoms with E-state index in [1.165, 1.54) is 5.56 Å². The summed E-state index contributed by atoms with van der Waals surface area (Å²) < 4.78 is 1.83. The predicted molar refractivity (Wildman–Crippen MR) is 112 cm³/mol. The number of thioether (sulfide) groups is 1. The highest BCUT2D eigenvalue weighted by Gasteiger charge is 2.24.